The van der Waals surface area contributed by atoms with E-state index in [1.807, 2.05) is 18.7 Å². The minimum absolute atomic E-state index is 0.594. The van der Waals surface area contributed by atoms with Crippen LogP contribution in [-0.4, -0.2) is 29.6 Å². The molecule has 16 heavy (non-hydrogen) atoms. The SMILES string of the molecule is Cc1c(N)cnc(N(C)C2CCSC2)c1Br. The van der Waals surface area contributed by atoms with Gasteiger partial charge in [0.1, 0.15) is 5.82 Å². The van der Waals surface area contributed by atoms with Gasteiger partial charge in [0.25, 0.3) is 0 Å². The lowest BCUT2D eigenvalue weighted by atomic mass is 10.2. The number of aromatic nitrogens is 1. The maximum absolute atomic E-state index is 5.83. The summed E-state index contributed by atoms with van der Waals surface area (Å²) in [6.45, 7) is 2.02. The Balaban J connectivity index is 2.29. The summed E-state index contributed by atoms with van der Waals surface area (Å²) in [6, 6.07) is 0.594. The number of hydrogen-bond donors (Lipinski definition) is 1. The van der Waals surface area contributed by atoms with Gasteiger partial charge in [-0.15, -0.1) is 0 Å². The van der Waals surface area contributed by atoms with Crippen LogP contribution in [0.5, 0.6) is 0 Å². The van der Waals surface area contributed by atoms with E-state index in [-0.39, 0.29) is 0 Å². The first-order chi connectivity index (χ1) is 7.61. The zero-order valence-corrected chi connectivity index (χ0v) is 11.9. The minimum Gasteiger partial charge on any atom is -0.397 e. The van der Waals surface area contributed by atoms with Crippen molar-refractivity contribution in [1.82, 2.24) is 4.98 Å². The summed E-state index contributed by atoms with van der Waals surface area (Å²) >= 11 is 5.60. The fourth-order valence-electron chi connectivity index (χ4n) is 1.82. The van der Waals surface area contributed by atoms with E-state index < -0.39 is 0 Å². The highest BCUT2D eigenvalue weighted by Crippen LogP contribution is 2.33. The normalized spacial score (nSPS) is 20.1. The van der Waals surface area contributed by atoms with Gasteiger partial charge < -0.3 is 10.6 Å². The van der Waals surface area contributed by atoms with E-state index in [0.717, 1.165) is 21.5 Å². The van der Waals surface area contributed by atoms with Crippen LogP contribution in [0.1, 0.15) is 12.0 Å². The first-order valence-corrected chi connectivity index (χ1v) is 7.27. The third kappa shape index (κ3) is 2.15. The minimum atomic E-state index is 0.594. The molecule has 2 rings (SSSR count). The summed E-state index contributed by atoms with van der Waals surface area (Å²) in [6.07, 6.45) is 2.98. The summed E-state index contributed by atoms with van der Waals surface area (Å²) < 4.78 is 1.02. The van der Waals surface area contributed by atoms with Gasteiger partial charge >= 0.3 is 0 Å². The molecule has 5 heteroatoms. The number of nitrogens with zero attached hydrogens (tertiary/aromatic N) is 2. The lowest BCUT2D eigenvalue weighted by Gasteiger charge is -2.26. The molecule has 1 aliphatic rings. The Morgan fingerprint density at radius 3 is 3.00 bits per heavy atom. The molecule has 1 fully saturated rings. The molecule has 1 unspecified atom stereocenters. The van der Waals surface area contributed by atoms with Crippen LogP contribution in [0.2, 0.25) is 0 Å². The van der Waals surface area contributed by atoms with Gasteiger partial charge in [-0.1, -0.05) is 0 Å². The Kier molecular flexibility index (Phi) is 3.64. The molecule has 3 nitrogen and oxygen atoms in total. The van der Waals surface area contributed by atoms with Crippen LogP contribution in [0.15, 0.2) is 10.7 Å². The van der Waals surface area contributed by atoms with Crippen molar-refractivity contribution in [1.29, 1.82) is 0 Å². The number of rotatable bonds is 2. The van der Waals surface area contributed by atoms with Crippen LogP contribution in [0.3, 0.4) is 0 Å². The van der Waals surface area contributed by atoms with Crippen LogP contribution in [-0.2, 0) is 0 Å². The predicted octanol–water partition coefficient (Wildman–Crippen LogP) is 2.68. The Morgan fingerprint density at radius 2 is 2.38 bits per heavy atom. The second-order valence-electron chi connectivity index (χ2n) is 4.10. The first-order valence-electron chi connectivity index (χ1n) is 5.32. The van der Waals surface area contributed by atoms with E-state index in [2.05, 4.69) is 32.9 Å². The van der Waals surface area contributed by atoms with Crippen molar-refractivity contribution in [2.75, 3.05) is 29.2 Å². The second kappa shape index (κ2) is 4.84. The molecule has 0 saturated carbocycles. The molecular weight excluding hydrogens is 286 g/mol. The predicted molar refractivity (Wildman–Crippen MR) is 75.2 cm³/mol. The Labute approximate surface area is 109 Å². The molecule has 1 aromatic heterocycles. The Bertz CT molecular complexity index is 391. The average molecular weight is 302 g/mol. The van der Waals surface area contributed by atoms with Gasteiger partial charge in [-0.2, -0.15) is 11.8 Å². The molecule has 0 spiro atoms. The van der Waals surface area contributed by atoms with Crippen molar-refractivity contribution < 1.29 is 0 Å². The van der Waals surface area contributed by atoms with Gasteiger partial charge in [0.15, 0.2) is 0 Å². The summed E-state index contributed by atoms with van der Waals surface area (Å²) in [5.41, 5.74) is 7.64. The maximum Gasteiger partial charge on any atom is 0.143 e. The highest BCUT2D eigenvalue weighted by atomic mass is 79.9. The lowest BCUT2D eigenvalue weighted by molar-refractivity contribution is 0.690. The van der Waals surface area contributed by atoms with Crippen molar-refractivity contribution in [3.8, 4) is 0 Å². The van der Waals surface area contributed by atoms with Crippen molar-refractivity contribution in [3.63, 3.8) is 0 Å². The Hall–Kier alpha value is -0.420. The molecule has 1 aliphatic heterocycles. The largest absolute Gasteiger partial charge is 0.397 e. The molecule has 88 valence electrons. The van der Waals surface area contributed by atoms with Crippen LogP contribution in [0.4, 0.5) is 11.5 Å². The van der Waals surface area contributed by atoms with Crippen molar-refractivity contribution >= 4 is 39.2 Å². The molecule has 2 heterocycles. The molecule has 0 radical (unpaired) electrons. The lowest BCUT2D eigenvalue weighted by Crippen LogP contribution is -2.32. The van der Waals surface area contributed by atoms with Crippen molar-refractivity contribution in [3.05, 3.63) is 16.2 Å². The number of nitrogens with two attached hydrogens (primary N) is 1. The van der Waals surface area contributed by atoms with Crippen LogP contribution in [0, 0.1) is 6.92 Å². The van der Waals surface area contributed by atoms with Gasteiger partial charge in [-0.25, -0.2) is 4.98 Å². The third-order valence-electron chi connectivity index (χ3n) is 3.07. The molecular formula is C11H16BrN3S. The molecule has 1 aromatic rings. The Morgan fingerprint density at radius 1 is 1.62 bits per heavy atom. The molecule has 1 atom stereocenters. The van der Waals surface area contributed by atoms with E-state index >= 15 is 0 Å². The standard InChI is InChI=1S/C11H16BrN3S/c1-7-9(13)5-14-11(10(7)12)15(2)8-3-4-16-6-8/h5,8H,3-4,6,13H2,1-2H3. The molecule has 0 bridgehead atoms. The van der Waals surface area contributed by atoms with Crippen LogP contribution < -0.4 is 10.6 Å². The first kappa shape index (κ1) is 12.0. The van der Waals surface area contributed by atoms with E-state index in [9.17, 15) is 0 Å². The zero-order chi connectivity index (χ0) is 11.7. The van der Waals surface area contributed by atoms with Gasteiger partial charge in [0.2, 0.25) is 0 Å². The van der Waals surface area contributed by atoms with Gasteiger partial charge in [0, 0.05) is 18.8 Å². The number of thioether (sulfide) groups is 1. The van der Waals surface area contributed by atoms with Gasteiger partial charge in [-0.3, -0.25) is 0 Å². The van der Waals surface area contributed by atoms with Gasteiger partial charge in [0.05, 0.1) is 16.4 Å². The molecule has 0 aromatic carbocycles. The molecule has 0 aliphatic carbocycles. The molecule has 0 amide bonds. The monoisotopic (exact) mass is 301 g/mol. The highest BCUT2D eigenvalue weighted by molar-refractivity contribution is 9.10. The quantitative estimate of drug-likeness (QED) is 0.912. The van der Waals surface area contributed by atoms with E-state index in [0.29, 0.717) is 6.04 Å². The number of nitrogen functional groups attached to an aromatic ring is 1. The van der Waals surface area contributed by atoms with E-state index in [1.165, 1.54) is 17.9 Å². The van der Waals surface area contributed by atoms with Crippen molar-refractivity contribution in [2.24, 2.45) is 0 Å². The zero-order valence-electron chi connectivity index (χ0n) is 9.53. The summed E-state index contributed by atoms with van der Waals surface area (Å²) in [5, 5.41) is 0. The fourth-order valence-corrected chi connectivity index (χ4v) is 3.70. The summed E-state index contributed by atoms with van der Waals surface area (Å²) in [7, 11) is 2.11. The summed E-state index contributed by atoms with van der Waals surface area (Å²) in [5.74, 6) is 3.44. The second-order valence-corrected chi connectivity index (χ2v) is 6.05. The molecule has 2 N–H and O–H groups in total. The van der Waals surface area contributed by atoms with E-state index in [4.69, 9.17) is 5.73 Å². The van der Waals surface area contributed by atoms with Crippen LogP contribution in [0.25, 0.3) is 0 Å². The number of pyridine rings is 1. The smallest absolute Gasteiger partial charge is 0.143 e. The van der Waals surface area contributed by atoms with Crippen LogP contribution >= 0.6 is 27.7 Å². The fraction of sp³-hybridized carbons (Fsp3) is 0.545. The van der Waals surface area contributed by atoms with Gasteiger partial charge in [-0.05, 0) is 40.6 Å². The average Bonchev–Trinajstić information content (AvgIpc) is 2.79. The topological polar surface area (TPSA) is 42.1 Å². The summed E-state index contributed by atoms with van der Waals surface area (Å²) in [4.78, 5) is 6.69. The van der Waals surface area contributed by atoms with Crippen molar-refractivity contribution in [2.45, 2.75) is 19.4 Å². The molecule has 1 saturated heterocycles. The highest BCUT2D eigenvalue weighted by Gasteiger charge is 2.23. The third-order valence-corrected chi connectivity index (χ3v) is 5.17. The maximum atomic E-state index is 5.83. The number of hydrogen-bond acceptors (Lipinski definition) is 4. The number of halogens is 1. The number of anilines is 2. The van der Waals surface area contributed by atoms with E-state index in [1.54, 1.807) is 6.20 Å².